The summed E-state index contributed by atoms with van der Waals surface area (Å²) in [6, 6.07) is 3.74. The number of carbonyl (C=O) groups excluding carboxylic acids is 2. The van der Waals surface area contributed by atoms with Crippen molar-refractivity contribution in [2.24, 2.45) is 0 Å². The van der Waals surface area contributed by atoms with Crippen molar-refractivity contribution in [2.45, 2.75) is 12.8 Å². The Hall–Kier alpha value is -1.89. The highest BCUT2D eigenvalue weighted by molar-refractivity contribution is 7.80. The average molecular weight is 280 g/mol. The monoisotopic (exact) mass is 280 g/mol. The summed E-state index contributed by atoms with van der Waals surface area (Å²) in [5.74, 6) is -0.147. The molecule has 0 unspecified atom stereocenters. The van der Waals surface area contributed by atoms with Gasteiger partial charge in [-0.1, -0.05) is 0 Å². The predicted molar refractivity (Wildman–Crippen MR) is 71.6 cm³/mol. The van der Waals surface area contributed by atoms with Crippen molar-refractivity contribution in [3.63, 3.8) is 0 Å². The highest BCUT2D eigenvalue weighted by Gasteiger charge is 2.36. The van der Waals surface area contributed by atoms with Gasteiger partial charge in [0.2, 0.25) is 0 Å². The van der Waals surface area contributed by atoms with Crippen molar-refractivity contribution in [1.82, 2.24) is 4.90 Å². The van der Waals surface area contributed by atoms with Gasteiger partial charge in [0, 0.05) is 18.7 Å². The summed E-state index contributed by atoms with van der Waals surface area (Å²) in [7, 11) is 0. The summed E-state index contributed by atoms with van der Waals surface area (Å²) in [4.78, 5) is 35.3. The van der Waals surface area contributed by atoms with Crippen LogP contribution in [-0.2, 0) is 0 Å². The summed E-state index contributed by atoms with van der Waals surface area (Å²) in [6.45, 7) is 0.320. The molecular formula is C12H12N2O4S. The van der Waals surface area contributed by atoms with Crippen LogP contribution in [0.2, 0.25) is 0 Å². The number of thiol groups is 1. The van der Waals surface area contributed by atoms with E-state index in [2.05, 4.69) is 12.6 Å². The van der Waals surface area contributed by atoms with E-state index in [4.69, 9.17) is 0 Å². The largest absolute Gasteiger partial charge is 0.274 e. The van der Waals surface area contributed by atoms with Crippen LogP contribution in [0.5, 0.6) is 0 Å². The number of imide groups is 1. The van der Waals surface area contributed by atoms with E-state index in [1.165, 1.54) is 12.1 Å². The smallest absolute Gasteiger partial charge is 0.270 e. The molecule has 0 bridgehead atoms. The van der Waals surface area contributed by atoms with Crippen molar-refractivity contribution < 1.29 is 14.5 Å². The Bertz CT molecular complexity index is 559. The molecule has 0 aromatic heterocycles. The number of hydrogen-bond donors (Lipinski definition) is 1. The molecule has 1 aliphatic heterocycles. The van der Waals surface area contributed by atoms with Crippen molar-refractivity contribution in [3.05, 3.63) is 39.4 Å². The number of carbonyl (C=O) groups is 2. The molecule has 6 nitrogen and oxygen atoms in total. The predicted octanol–water partition coefficient (Wildman–Crippen LogP) is 1.90. The van der Waals surface area contributed by atoms with E-state index in [-0.39, 0.29) is 22.7 Å². The maximum Gasteiger partial charge on any atom is 0.270 e. The van der Waals surface area contributed by atoms with Gasteiger partial charge < -0.3 is 0 Å². The van der Waals surface area contributed by atoms with E-state index in [0.29, 0.717) is 18.7 Å². The van der Waals surface area contributed by atoms with Gasteiger partial charge in [-0.2, -0.15) is 12.6 Å². The molecule has 0 aliphatic carbocycles. The minimum absolute atomic E-state index is 0.116. The first kappa shape index (κ1) is 13.5. The van der Waals surface area contributed by atoms with Gasteiger partial charge in [0.1, 0.15) is 0 Å². The number of nitro benzene ring substituents is 1. The molecule has 0 atom stereocenters. The summed E-state index contributed by atoms with van der Waals surface area (Å²) >= 11 is 4.06. The fraction of sp³-hybridized carbons (Fsp3) is 0.333. The van der Waals surface area contributed by atoms with E-state index >= 15 is 0 Å². The third kappa shape index (κ3) is 2.46. The minimum Gasteiger partial charge on any atom is -0.274 e. The molecule has 0 fully saturated rings. The lowest BCUT2D eigenvalue weighted by molar-refractivity contribution is -0.384. The lowest BCUT2D eigenvalue weighted by Crippen LogP contribution is -2.30. The summed E-state index contributed by atoms with van der Waals surface area (Å²) < 4.78 is 0. The van der Waals surface area contributed by atoms with Crippen molar-refractivity contribution >= 4 is 30.1 Å². The zero-order chi connectivity index (χ0) is 14.0. The number of nitrogens with zero attached hydrogens (tertiary/aromatic N) is 2. The van der Waals surface area contributed by atoms with E-state index < -0.39 is 10.8 Å². The number of fused-ring (bicyclic) bond motifs is 1. The first-order chi connectivity index (χ1) is 9.06. The number of benzene rings is 1. The van der Waals surface area contributed by atoms with Gasteiger partial charge in [-0.15, -0.1) is 0 Å². The summed E-state index contributed by atoms with van der Waals surface area (Å²) in [5, 5.41) is 10.7. The number of non-ortho nitro benzene ring substituents is 1. The van der Waals surface area contributed by atoms with Crippen molar-refractivity contribution in [1.29, 1.82) is 0 Å². The zero-order valence-electron chi connectivity index (χ0n) is 10.0. The van der Waals surface area contributed by atoms with Crippen LogP contribution in [-0.4, -0.2) is 33.9 Å². The topological polar surface area (TPSA) is 80.5 Å². The molecule has 7 heteroatoms. The fourth-order valence-electron chi connectivity index (χ4n) is 1.98. The van der Waals surface area contributed by atoms with Crippen LogP contribution in [0.4, 0.5) is 5.69 Å². The molecule has 2 rings (SSSR count). The fourth-order valence-corrected chi connectivity index (χ4v) is 2.20. The number of amides is 2. The Morgan fingerprint density at radius 2 is 1.84 bits per heavy atom. The second-order valence-electron chi connectivity index (χ2n) is 4.18. The van der Waals surface area contributed by atoms with Crippen molar-refractivity contribution in [2.75, 3.05) is 12.3 Å². The molecule has 19 heavy (non-hydrogen) atoms. The zero-order valence-corrected chi connectivity index (χ0v) is 10.9. The third-order valence-corrected chi connectivity index (χ3v) is 3.27. The lowest BCUT2D eigenvalue weighted by atomic mass is 10.1. The molecule has 0 spiro atoms. The Morgan fingerprint density at radius 1 is 1.16 bits per heavy atom. The van der Waals surface area contributed by atoms with Gasteiger partial charge >= 0.3 is 0 Å². The molecule has 1 aromatic carbocycles. The van der Waals surface area contributed by atoms with Crippen LogP contribution in [0.1, 0.15) is 33.6 Å². The Labute approximate surface area is 115 Å². The van der Waals surface area contributed by atoms with Gasteiger partial charge in [0.15, 0.2) is 0 Å². The first-order valence-electron chi connectivity index (χ1n) is 5.81. The maximum absolute atomic E-state index is 12.0. The minimum atomic E-state index is -0.582. The van der Waals surface area contributed by atoms with E-state index in [9.17, 15) is 19.7 Å². The van der Waals surface area contributed by atoms with Gasteiger partial charge in [-0.3, -0.25) is 24.6 Å². The first-order valence-corrected chi connectivity index (χ1v) is 6.45. The normalized spacial score (nSPS) is 13.8. The summed E-state index contributed by atoms with van der Waals surface area (Å²) in [5.41, 5.74) is 0.170. The average Bonchev–Trinajstić information content (AvgIpc) is 2.63. The number of hydrogen-bond acceptors (Lipinski definition) is 5. The van der Waals surface area contributed by atoms with E-state index in [1.807, 2.05) is 0 Å². The standard InChI is InChI=1S/C12H12N2O4S/c15-11-9-4-3-8(14(17)18)7-10(9)12(16)13(11)5-1-2-6-19/h3-4,7,19H,1-2,5-6H2. The second kappa shape index (κ2) is 5.40. The van der Waals surface area contributed by atoms with Gasteiger partial charge in [0.05, 0.1) is 16.1 Å². The third-order valence-electron chi connectivity index (χ3n) is 2.95. The van der Waals surface area contributed by atoms with E-state index in [1.54, 1.807) is 0 Å². The van der Waals surface area contributed by atoms with Crippen LogP contribution in [0.15, 0.2) is 18.2 Å². The molecule has 0 N–H and O–H groups in total. The highest BCUT2D eigenvalue weighted by atomic mass is 32.1. The lowest BCUT2D eigenvalue weighted by Gasteiger charge is -2.12. The van der Waals surface area contributed by atoms with Crippen LogP contribution >= 0.6 is 12.6 Å². The molecule has 0 saturated heterocycles. The number of rotatable bonds is 5. The van der Waals surface area contributed by atoms with Crippen molar-refractivity contribution in [3.8, 4) is 0 Å². The molecule has 1 aliphatic rings. The van der Waals surface area contributed by atoms with Crippen LogP contribution in [0, 0.1) is 10.1 Å². The molecular weight excluding hydrogens is 268 g/mol. The molecule has 0 radical (unpaired) electrons. The van der Waals surface area contributed by atoms with Gasteiger partial charge in [0.25, 0.3) is 17.5 Å². The second-order valence-corrected chi connectivity index (χ2v) is 4.63. The Balaban J connectivity index is 2.26. The highest BCUT2D eigenvalue weighted by Crippen LogP contribution is 2.26. The quantitative estimate of drug-likeness (QED) is 0.294. The molecule has 2 amide bonds. The molecule has 1 aromatic rings. The van der Waals surface area contributed by atoms with E-state index in [0.717, 1.165) is 17.4 Å². The van der Waals surface area contributed by atoms with Gasteiger partial charge in [-0.25, -0.2) is 0 Å². The number of unbranched alkanes of at least 4 members (excludes halogenated alkanes) is 1. The molecule has 0 saturated carbocycles. The SMILES string of the molecule is O=C1c2ccc([N+](=O)[O-])cc2C(=O)N1CCCCS. The van der Waals surface area contributed by atoms with Crippen LogP contribution in [0.3, 0.4) is 0 Å². The van der Waals surface area contributed by atoms with Crippen LogP contribution in [0.25, 0.3) is 0 Å². The molecule has 100 valence electrons. The Kier molecular flexibility index (Phi) is 3.84. The maximum atomic E-state index is 12.0. The van der Waals surface area contributed by atoms with Gasteiger partial charge in [-0.05, 0) is 24.7 Å². The molecule has 1 heterocycles. The number of nitro groups is 1. The van der Waals surface area contributed by atoms with Crippen LogP contribution < -0.4 is 0 Å². The Morgan fingerprint density at radius 3 is 2.47 bits per heavy atom. The summed E-state index contributed by atoms with van der Waals surface area (Å²) in [6.07, 6.45) is 1.48.